The second-order valence-corrected chi connectivity index (χ2v) is 9.90. The van der Waals surface area contributed by atoms with Gasteiger partial charge in [0.1, 0.15) is 18.6 Å². The maximum atomic E-state index is 6.24. The van der Waals surface area contributed by atoms with Crippen LogP contribution >= 0.6 is 0 Å². The summed E-state index contributed by atoms with van der Waals surface area (Å²) in [5.74, 6) is 2.76. The van der Waals surface area contributed by atoms with Gasteiger partial charge in [-0.15, -0.1) is 0 Å². The van der Waals surface area contributed by atoms with Gasteiger partial charge in [-0.2, -0.15) is 0 Å². The second-order valence-electron chi connectivity index (χ2n) is 9.90. The smallest absolute Gasteiger partial charge is 0.199 e. The lowest BCUT2D eigenvalue weighted by Gasteiger charge is -2.15. The number of ether oxygens (including phenoxy) is 2. The molecule has 31 heavy (non-hydrogen) atoms. The van der Waals surface area contributed by atoms with E-state index in [2.05, 4.69) is 48.5 Å². The predicted octanol–water partition coefficient (Wildman–Crippen LogP) is 4.82. The van der Waals surface area contributed by atoms with Gasteiger partial charge in [0.05, 0.1) is 12.1 Å². The van der Waals surface area contributed by atoms with E-state index < -0.39 is 0 Å². The third-order valence-corrected chi connectivity index (χ3v) is 8.20. The predicted molar refractivity (Wildman–Crippen MR) is 121 cm³/mol. The number of rotatable bonds is 4. The van der Waals surface area contributed by atoms with Gasteiger partial charge in [0.2, 0.25) is 0 Å². The Morgan fingerprint density at radius 2 is 1.16 bits per heavy atom. The van der Waals surface area contributed by atoms with Crippen LogP contribution in [0, 0.1) is 5.41 Å². The van der Waals surface area contributed by atoms with E-state index in [1.54, 1.807) is 0 Å². The van der Waals surface area contributed by atoms with Crippen molar-refractivity contribution >= 4 is 11.8 Å². The molecule has 4 nitrogen and oxygen atoms in total. The zero-order valence-corrected chi connectivity index (χ0v) is 17.8. The van der Waals surface area contributed by atoms with Gasteiger partial charge in [-0.25, -0.2) is 9.98 Å². The summed E-state index contributed by atoms with van der Waals surface area (Å²) in [5, 5.41) is 0. The standard InChI is InChI=1S/C27H28N2O2/c1-3-7-19-17(5-1)9-11-21(19)23-15-30-25(28-23)27(13-14-27)26-29-24(16-31-26)22-12-10-18-6-2-4-8-20(18)22/h1-8,21-24H,9-16H2/t21?,22?,23-,24-/m1/s1. The zero-order valence-electron chi connectivity index (χ0n) is 17.8. The van der Waals surface area contributed by atoms with Crippen LogP contribution < -0.4 is 0 Å². The second kappa shape index (κ2) is 6.69. The van der Waals surface area contributed by atoms with Gasteiger partial charge >= 0.3 is 0 Å². The fourth-order valence-electron chi connectivity index (χ4n) is 6.34. The monoisotopic (exact) mass is 412 g/mol. The van der Waals surface area contributed by atoms with E-state index in [1.807, 2.05) is 0 Å². The van der Waals surface area contributed by atoms with Crippen molar-refractivity contribution in [2.75, 3.05) is 13.2 Å². The molecule has 2 heterocycles. The van der Waals surface area contributed by atoms with Crippen LogP contribution in [-0.2, 0) is 22.3 Å². The van der Waals surface area contributed by atoms with Crippen molar-refractivity contribution < 1.29 is 9.47 Å². The maximum Gasteiger partial charge on any atom is 0.199 e. The lowest BCUT2D eigenvalue weighted by Crippen LogP contribution is -2.26. The summed E-state index contributed by atoms with van der Waals surface area (Å²) in [6.07, 6.45) is 6.77. The number of fused-ring (bicyclic) bond motifs is 2. The first-order chi connectivity index (χ1) is 15.3. The van der Waals surface area contributed by atoms with E-state index in [9.17, 15) is 0 Å². The van der Waals surface area contributed by atoms with Crippen LogP contribution in [0.5, 0.6) is 0 Å². The largest absolute Gasteiger partial charge is 0.478 e. The van der Waals surface area contributed by atoms with Crippen LogP contribution in [0.25, 0.3) is 0 Å². The van der Waals surface area contributed by atoms with Gasteiger partial charge in [-0.05, 0) is 60.8 Å². The van der Waals surface area contributed by atoms with Gasteiger partial charge < -0.3 is 9.47 Å². The van der Waals surface area contributed by atoms with E-state index in [1.165, 1.54) is 35.1 Å². The molecule has 158 valence electrons. The Hall–Kier alpha value is -2.62. The summed E-state index contributed by atoms with van der Waals surface area (Å²) in [4.78, 5) is 10.3. The van der Waals surface area contributed by atoms with Crippen LogP contribution in [-0.4, -0.2) is 37.1 Å². The van der Waals surface area contributed by atoms with E-state index in [0.29, 0.717) is 25.0 Å². The van der Waals surface area contributed by atoms with Crippen molar-refractivity contribution in [3.8, 4) is 0 Å². The molecule has 1 fully saturated rings. The summed E-state index contributed by atoms with van der Waals surface area (Å²) >= 11 is 0. The van der Waals surface area contributed by atoms with E-state index >= 15 is 0 Å². The highest BCUT2D eigenvalue weighted by Crippen LogP contribution is 2.53. The number of benzene rings is 2. The summed E-state index contributed by atoms with van der Waals surface area (Å²) in [6.45, 7) is 1.39. The number of aryl methyl sites for hydroxylation is 2. The molecule has 0 aromatic heterocycles. The molecule has 0 bridgehead atoms. The van der Waals surface area contributed by atoms with Crippen molar-refractivity contribution in [2.24, 2.45) is 15.4 Å². The van der Waals surface area contributed by atoms with Gasteiger partial charge in [0.25, 0.3) is 0 Å². The Kier molecular flexibility index (Phi) is 3.88. The van der Waals surface area contributed by atoms with Crippen LogP contribution in [0.2, 0.25) is 0 Å². The number of aliphatic imine (C=N–C) groups is 2. The van der Waals surface area contributed by atoms with Crippen molar-refractivity contribution in [1.29, 1.82) is 0 Å². The Bertz CT molecular complexity index is 1020. The molecular formula is C27H28N2O2. The van der Waals surface area contributed by atoms with Crippen LogP contribution in [0.15, 0.2) is 58.5 Å². The molecule has 2 aromatic carbocycles. The minimum atomic E-state index is -0.181. The topological polar surface area (TPSA) is 43.2 Å². The normalized spacial score (nSPS) is 32.0. The Labute approximate surface area is 183 Å². The van der Waals surface area contributed by atoms with Gasteiger partial charge in [-0.1, -0.05) is 48.5 Å². The molecule has 4 atom stereocenters. The fourth-order valence-corrected chi connectivity index (χ4v) is 6.34. The zero-order chi connectivity index (χ0) is 20.4. The Morgan fingerprint density at radius 1 is 0.677 bits per heavy atom. The van der Waals surface area contributed by atoms with Gasteiger partial charge in [-0.3, -0.25) is 0 Å². The molecule has 5 aliphatic rings. The molecule has 0 amide bonds. The average Bonchev–Trinajstić information content (AvgIpc) is 3.30. The highest BCUT2D eigenvalue weighted by Gasteiger charge is 2.59. The highest BCUT2D eigenvalue weighted by atomic mass is 16.5. The summed E-state index contributed by atoms with van der Waals surface area (Å²) in [6, 6.07) is 18.2. The summed E-state index contributed by atoms with van der Waals surface area (Å²) < 4.78 is 12.5. The lowest BCUT2D eigenvalue weighted by molar-refractivity contribution is 0.268. The third-order valence-electron chi connectivity index (χ3n) is 8.20. The van der Waals surface area contributed by atoms with Crippen molar-refractivity contribution in [3.63, 3.8) is 0 Å². The first kappa shape index (κ1) is 18.0. The van der Waals surface area contributed by atoms with Crippen LogP contribution in [0.4, 0.5) is 0 Å². The van der Waals surface area contributed by atoms with E-state index in [-0.39, 0.29) is 17.5 Å². The van der Waals surface area contributed by atoms with Crippen molar-refractivity contribution in [1.82, 2.24) is 0 Å². The SMILES string of the molecule is c1ccc2c(c1)CCC2[C@H]1COC(C2(C3=N[C@@H](C4CCc5ccccc54)CO3)CC2)=N1. The molecule has 2 aliphatic heterocycles. The molecule has 4 heteroatoms. The molecule has 7 rings (SSSR count). The molecule has 3 aliphatic carbocycles. The number of nitrogens with zero attached hydrogens (tertiary/aromatic N) is 2. The summed E-state index contributed by atoms with van der Waals surface area (Å²) in [7, 11) is 0. The number of hydrogen-bond acceptors (Lipinski definition) is 4. The van der Waals surface area contributed by atoms with Crippen LogP contribution in [0.3, 0.4) is 0 Å². The number of hydrogen-bond donors (Lipinski definition) is 0. The van der Waals surface area contributed by atoms with E-state index in [4.69, 9.17) is 19.5 Å². The highest BCUT2D eigenvalue weighted by molar-refractivity contribution is 6.09. The summed E-state index contributed by atoms with van der Waals surface area (Å²) in [5.41, 5.74) is 5.74. The molecule has 0 N–H and O–H groups in total. The van der Waals surface area contributed by atoms with Gasteiger partial charge in [0, 0.05) is 11.8 Å². The first-order valence-corrected chi connectivity index (χ1v) is 11.9. The third kappa shape index (κ3) is 2.73. The molecular weight excluding hydrogens is 384 g/mol. The molecule has 2 aromatic rings. The van der Waals surface area contributed by atoms with E-state index in [0.717, 1.165) is 37.5 Å². The molecule has 2 unspecified atom stereocenters. The minimum Gasteiger partial charge on any atom is -0.478 e. The minimum absolute atomic E-state index is 0.181. The Morgan fingerprint density at radius 3 is 1.65 bits per heavy atom. The van der Waals surface area contributed by atoms with Gasteiger partial charge in [0.15, 0.2) is 11.8 Å². The molecule has 0 saturated heterocycles. The average molecular weight is 413 g/mol. The lowest BCUT2D eigenvalue weighted by atomic mass is 9.94. The maximum absolute atomic E-state index is 6.24. The van der Waals surface area contributed by atoms with Crippen molar-refractivity contribution in [3.05, 3.63) is 70.8 Å². The van der Waals surface area contributed by atoms with Crippen molar-refractivity contribution in [2.45, 2.75) is 62.4 Å². The first-order valence-electron chi connectivity index (χ1n) is 11.9. The van der Waals surface area contributed by atoms with Crippen LogP contribution in [0.1, 0.15) is 59.8 Å². The fraction of sp³-hybridized carbons (Fsp3) is 0.481. The molecule has 1 saturated carbocycles. The molecule has 0 radical (unpaired) electrons. The quantitative estimate of drug-likeness (QED) is 0.723. The molecule has 0 spiro atoms. The Balaban J connectivity index is 1.13.